The van der Waals surface area contributed by atoms with Gasteiger partial charge in [-0.2, -0.15) is 13.2 Å². The van der Waals surface area contributed by atoms with Crippen molar-refractivity contribution < 1.29 is 17.9 Å². The lowest BCUT2D eigenvalue weighted by Crippen LogP contribution is -2.22. The van der Waals surface area contributed by atoms with Gasteiger partial charge in [0.25, 0.3) is 0 Å². The summed E-state index contributed by atoms with van der Waals surface area (Å²) in [5.74, 6) is 0.448. The topological polar surface area (TPSA) is 73.6 Å². The summed E-state index contributed by atoms with van der Waals surface area (Å²) >= 11 is 5.83. The fourth-order valence-electron chi connectivity index (χ4n) is 1.99. The quantitative estimate of drug-likeness (QED) is 0.592. The Morgan fingerprint density at radius 3 is 2.44 bits per heavy atom. The maximum absolute atomic E-state index is 12.8. The van der Waals surface area contributed by atoms with Crippen molar-refractivity contribution in [2.45, 2.75) is 19.3 Å². The second-order valence-electron chi connectivity index (χ2n) is 4.95. The van der Waals surface area contributed by atoms with Gasteiger partial charge in [0, 0.05) is 5.56 Å². The maximum Gasteiger partial charge on any atom is 0.417 e. The van der Waals surface area contributed by atoms with E-state index in [4.69, 9.17) is 27.8 Å². The predicted octanol–water partition coefficient (Wildman–Crippen LogP) is 4.13. The smallest absolute Gasteiger partial charge is 0.417 e. The first-order valence-electron chi connectivity index (χ1n) is 6.89. The highest BCUT2D eigenvalue weighted by molar-refractivity contribution is 6.32. The molecule has 25 heavy (non-hydrogen) atoms. The van der Waals surface area contributed by atoms with Gasteiger partial charge in [-0.3, -0.25) is 0 Å². The molecule has 4 nitrogen and oxygen atoms in total. The highest BCUT2D eigenvalue weighted by atomic mass is 35.5. The highest BCUT2D eigenvalue weighted by Crippen LogP contribution is 2.36. The van der Waals surface area contributed by atoms with Crippen LogP contribution >= 0.6 is 24.0 Å². The summed E-state index contributed by atoms with van der Waals surface area (Å²) in [5, 5.41) is -0.360. The number of hydrogen-bond donors (Lipinski definition) is 2. The Labute approximate surface area is 154 Å². The molecule has 0 fully saturated rings. The first kappa shape index (κ1) is 20.9. The third-order valence-corrected chi connectivity index (χ3v) is 3.57. The van der Waals surface area contributed by atoms with Crippen LogP contribution in [-0.4, -0.2) is 5.96 Å². The third-order valence-electron chi connectivity index (χ3n) is 3.12. The molecular weight excluding hydrogens is 378 g/mol. The molecule has 0 unspecified atom stereocenters. The van der Waals surface area contributed by atoms with Gasteiger partial charge in [-0.1, -0.05) is 35.9 Å². The van der Waals surface area contributed by atoms with E-state index in [0.717, 1.165) is 11.6 Å². The van der Waals surface area contributed by atoms with E-state index in [1.165, 1.54) is 12.1 Å². The molecule has 0 saturated heterocycles. The minimum atomic E-state index is -4.51. The molecule has 0 aliphatic rings. The molecule has 0 aliphatic carbocycles. The lowest BCUT2D eigenvalue weighted by atomic mass is 10.1. The molecule has 0 amide bonds. The molecule has 4 N–H and O–H groups in total. The Morgan fingerprint density at radius 2 is 1.80 bits per heavy atom. The number of guanidine groups is 1. The predicted molar refractivity (Wildman–Crippen MR) is 94.0 cm³/mol. The fraction of sp³-hybridized carbons (Fsp3) is 0.188. The van der Waals surface area contributed by atoms with Crippen LogP contribution < -0.4 is 16.2 Å². The summed E-state index contributed by atoms with van der Waals surface area (Å²) < 4.78 is 44.0. The van der Waals surface area contributed by atoms with E-state index in [-0.39, 0.29) is 42.1 Å². The SMILES string of the molecule is Cl.NC(N)=NCc1cccc(OCc2cccc(C(F)(F)F)c2Cl)c1. The van der Waals surface area contributed by atoms with Crippen LogP contribution in [0.4, 0.5) is 13.2 Å². The monoisotopic (exact) mass is 393 g/mol. The van der Waals surface area contributed by atoms with Crippen molar-refractivity contribution in [3.63, 3.8) is 0 Å². The minimum absolute atomic E-state index is 0. The van der Waals surface area contributed by atoms with Gasteiger partial charge >= 0.3 is 6.18 Å². The standard InChI is InChI=1S/C16H15ClF3N3O.ClH/c17-14-11(4-2-6-13(14)16(18,19)20)9-24-12-5-1-3-10(7-12)8-23-15(21)22;/h1-7H,8-9H2,(H4,21,22,23);1H. The van der Waals surface area contributed by atoms with Gasteiger partial charge in [0.1, 0.15) is 12.4 Å². The first-order chi connectivity index (χ1) is 11.3. The Morgan fingerprint density at radius 1 is 1.12 bits per heavy atom. The zero-order valence-corrected chi connectivity index (χ0v) is 14.5. The second kappa shape index (κ2) is 8.82. The van der Waals surface area contributed by atoms with Gasteiger partial charge in [0.2, 0.25) is 0 Å². The lowest BCUT2D eigenvalue weighted by molar-refractivity contribution is -0.137. The van der Waals surface area contributed by atoms with E-state index >= 15 is 0 Å². The van der Waals surface area contributed by atoms with E-state index in [1.807, 2.05) is 0 Å². The maximum atomic E-state index is 12.8. The van der Waals surface area contributed by atoms with Crippen molar-refractivity contribution in [1.29, 1.82) is 0 Å². The van der Waals surface area contributed by atoms with Gasteiger partial charge in [-0.15, -0.1) is 12.4 Å². The van der Waals surface area contributed by atoms with E-state index in [2.05, 4.69) is 4.99 Å². The first-order valence-corrected chi connectivity index (χ1v) is 7.27. The number of nitrogens with zero attached hydrogens (tertiary/aromatic N) is 1. The molecular formula is C16H16Cl2F3N3O. The molecule has 0 spiro atoms. The number of hydrogen-bond acceptors (Lipinski definition) is 2. The van der Waals surface area contributed by atoms with Gasteiger partial charge in [0.15, 0.2) is 5.96 Å². The van der Waals surface area contributed by atoms with E-state index in [0.29, 0.717) is 5.75 Å². The molecule has 0 aromatic heterocycles. The molecule has 0 heterocycles. The van der Waals surface area contributed by atoms with Crippen molar-refractivity contribution in [1.82, 2.24) is 0 Å². The second-order valence-corrected chi connectivity index (χ2v) is 5.33. The van der Waals surface area contributed by atoms with Crippen molar-refractivity contribution in [2.75, 3.05) is 0 Å². The van der Waals surface area contributed by atoms with E-state index in [9.17, 15) is 13.2 Å². The number of benzene rings is 2. The molecule has 9 heteroatoms. The molecule has 2 aromatic rings. The number of alkyl halides is 3. The Balaban J connectivity index is 0.00000312. The third kappa shape index (κ3) is 6.03. The van der Waals surface area contributed by atoms with Gasteiger partial charge in [0.05, 0.1) is 17.1 Å². The van der Waals surface area contributed by atoms with Crippen LogP contribution in [0.15, 0.2) is 47.5 Å². The van der Waals surface area contributed by atoms with Gasteiger partial charge < -0.3 is 16.2 Å². The fourth-order valence-corrected chi connectivity index (χ4v) is 2.28. The van der Waals surface area contributed by atoms with Crippen LogP contribution in [0.25, 0.3) is 0 Å². The van der Waals surface area contributed by atoms with Gasteiger partial charge in [-0.25, -0.2) is 4.99 Å². The molecule has 0 atom stereocenters. The highest BCUT2D eigenvalue weighted by Gasteiger charge is 2.33. The van der Waals surface area contributed by atoms with Crippen molar-refractivity contribution in [3.8, 4) is 5.75 Å². The zero-order valence-electron chi connectivity index (χ0n) is 12.9. The van der Waals surface area contributed by atoms with Gasteiger partial charge in [-0.05, 0) is 23.8 Å². The number of rotatable bonds is 5. The molecule has 0 saturated carbocycles. The Bertz CT molecular complexity index is 748. The Hall–Kier alpha value is -2.12. The number of aliphatic imine (C=N–C) groups is 1. The van der Waals surface area contributed by atoms with Crippen molar-refractivity contribution in [2.24, 2.45) is 16.5 Å². The lowest BCUT2D eigenvalue weighted by Gasteiger charge is -2.13. The largest absolute Gasteiger partial charge is 0.489 e. The number of halogens is 5. The van der Waals surface area contributed by atoms with E-state index < -0.39 is 11.7 Å². The summed E-state index contributed by atoms with van der Waals surface area (Å²) in [6.45, 7) is 0.193. The molecule has 2 rings (SSSR count). The molecule has 136 valence electrons. The molecule has 0 bridgehead atoms. The Kier molecular flexibility index (Phi) is 7.38. The molecule has 0 aliphatic heterocycles. The number of ether oxygens (including phenoxy) is 1. The van der Waals surface area contributed by atoms with Crippen LogP contribution in [0, 0.1) is 0 Å². The van der Waals surface area contributed by atoms with Crippen LogP contribution in [0.2, 0.25) is 5.02 Å². The summed E-state index contributed by atoms with van der Waals surface area (Å²) in [6.07, 6.45) is -4.51. The van der Waals surface area contributed by atoms with Crippen molar-refractivity contribution in [3.05, 3.63) is 64.2 Å². The van der Waals surface area contributed by atoms with Crippen LogP contribution in [0.3, 0.4) is 0 Å². The summed E-state index contributed by atoms with van der Waals surface area (Å²) in [4.78, 5) is 3.88. The molecule has 0 radical (unpaired) electrons. The van der Waals surface area contributed by atoms with Crippen molar-refractivity contribution >= 4 is 30.0 Å². The average Bonchev–Trinajstić information content (AvgIpc) is 2.51. The van der Waals surface area contributed by atoms with E-state index in [1.54, 1.807) is 24.3 Å². The minimum Gasteiger partial charge on any atom is -0.489 e. The summed E-state index contributed by atoms with van der Waals surface area (Å²) in [6, 6.07) is 10.6. The number of nitrogens with two attached hydrogens (primary N) is 2. The van der Waals surface area contributed by atoms with Crippen LogP contribution in [0.1, 0.15) is 16.7 Å². The summed E-state index contributed by atoms with van der Waals surface area (Å²) in [5.41, 5.74) is 10.7. The normalized spacial score (nSPS) is 10.7. The zero-order chi connectivity index (χ0) is 17.7. The molecule has 2 aromatic carbocycles. The summed E-state index contributed by atoms with van der Waals surface area (Å²) in [7, 11) is 0. The average molecular weight is 394 g/mol. The van der Waals surface area contributed by atoms with Crippen LogP contribution in [-0.2, 0) is 19.3 Å². The van der Waals surface area contributed by atoms with Crippen LogP contribution in [0.5, 0.6) is 5.75 Å².